The molecule has 0 saturated carbocycles. The van der Waals surface area contributed by atoms with E-state index < -0.39 is 30.1 Å². The highest BCUT2D eigenvalue weighted by Crippen LogP contribution is 2.22. The predicted molar refractivity (Wildman–Crippen MR) is 88.1 cm³/mol. The summed E-state index contributed by atoms with van der Waals surface area (Å²) in [5, 5.41) is 19.0. The Kier molecular flexibility index (Phi) is 6.52. The van der Waals surface area contributed by atoms with Crippen molar-refractivity contribution in [2.75, 3.05) is 13.2 Å². The summed E-state index contributed by atoms with van der Waals surface area (Å²) in [4.78, 5) is 25.9. The zero-order valence-corrected chi connectivity index (χ0v) is 13.7. The lowest BCUT2D eigenvalue weighted by Crippen LogP contribution is -2.46. The Bertz CT molecular complexity index is 586. The van der Waals surface area contributed by atoms with E-state index in [1.165, 1.54) is 12.2 Å². The van der Waals surface area contributed by atoms with Gasteiger partial charge in [0.25, 0.3) is 0 Å². The molecular weight excluding hydrogens is 310 g/mol. The number of nitrogens with zero attached hydrogens (tertiary/aromatic N) is 1. The number of hydrogen-bond donors (Lipinski definition) is 2. The van der Waals surface area contributed by atoms with Crippen molar-refractivity contribution >= 4 is 12.0 Å². The van der Waals surface area contributed by atoms with E-state index in [2.05, 4.69) is 0 Å². The maximum absolute atomic E-state index is 12.8. The topological polar surface area (TPSA) is 87.1 Å². The first-order valence-electron chi connectivity index (χ1n) is 8.07. The Morgan fingerprint density at radius 2 is 2.12 bits per heavy atom. The molecule has 2 amide bonds. The average Bonchev–Trinajstić information content (AvgIpc) is 2.96. The van der Waals surface area contributed by atoms with Gasteiger partial charge in [-0.2, -0.15) is 0 Å². The number of amides is 2. The van der Waals surface area contributed by atoms with Gasteiger partial charge >= 0.3 is 6.09 Å². The second-order valence-corrected chi connectivity index (χ2v) is 5.74. The van der Waals surface area contributed by atoms with Crippen LogP contribution in [0.5, 0.6) is 0 Å². The van der Waals surface area contributed by atoms with Crippen molar-refractivity contribution in [3.8, 4) is 0 Å². The van der Waals surface area contributed by atoms with Crippen LogP contribution in [0.1, 0.15) is 18.9 Å². The standard InChI is InChI=1S/C18H23NO5/c1-2-16(21)15(9-6-10-20)17(22)19-14(12-24-18(19)23)11-13-7-4-3-5-8-13/h3-9,14-16,20-21H,2,10-12H2,1H3/b9-6+/t14-,15+,16-/m1/s1. The summed E-state index contributed by atoms with van der Waals surface area (Å²) in [5.74, 6) is -1.39. The van der Waals surface area contributed by atoms with Gasteiger partial charge in [-0.15, -0.1) is 0 Å². The van der Waals surface area contributed by atoms with Gasteiger partial charge in [0.05, 0.1) is 24.7 Å². The Morgan fingerprint density at radius 3 is 2.75 bits per heavy atom. The smallest absolute Gasteiger partial charge is 0.417 e. The van der Waals surface area contributed by atoms with Crippen LogP contribution in [0.2, 0.25) is 0 Å². The first-order chi connectivity index (χ1) is 11.6. The molecule has 1 aliphatic heterocycles. The number of carbonyl (C=O) groups is 2. The van der Waals surface area contributed by atoms with Gasteiger partial charge in [-0.3, -0.25) is 4.79 Å². The lowest BCUT2D eigenvalue weighted by Gasteiger charge is -2.25. The van der Waals surface area contributed by atoms with Crippen LogP contribution in [0.4, 0.5) is 4.79 Å². The molecule has 0 spiro atoms. The molecule has 0 bridgehead atoms. The number of benzene rings is 1. The van der Waals surface area contributed by atoms with Gasteiger partial charge in [-0.05, 0) is 18.4 Å². The highest BCUT2D eigenvalue weighted by molar-refractivity contribution is 5.96. The molecule has 6 heteroatoms. The molecule has 1 heterocycles. The van der Waals surface area contributed by atoms with Gasteiger partial charge in [0.2, 0.25) is 5.91 Å². The molecule has 1 fully saturated rings. The fourth-order valence-corrected chi connectivity index (χ4v) is 2.76. The van der Waals surface area contributed by atoms with E-state index in [0.29, 0.717) is 12.8 Å². The molecule has 0 aliphatic carbocycles. The molecule has 1 aromatic rings. The third-order valence-corrected chi connectivity index (χ3v) is 4.08. The Hall–Kier alpha value is -2.18. The zero-order chi connectivity index (χ0) is 17.5. The van der Waals surface area contributed by atoms with Crippen molar-refractivity contribution in [1.29, 1.82) is 0 Å². The third kappa shape index (κ3) is 4.21. The monoisotopic (exact) mass is 333 g/mol. The van der Waals surface area contributed by atoms with Crippen molar-refractivity contribution in [2.45, 2.75) is 31.9 Å². The van der Waals surface area contributed by atoms with Gasteiger partial charge in [-0.1, -0.05) is 49.4 Å². The number of hydrogen-bond acceptors (Lipinski definition) is 5. The summed E-state index contributed by atoms with van der Waals surface area (Å²) < 4.78 is 5.05. The van der Waals surface area contributed by atoms with Crippen LogP contribution < -0.4 is 0 Å². The molecule has 1 aliphatic rings. The average molecular weight is 333 g/mol. The fourth-order valence-electron chi connectivity index (χ4n) is 2.76. The van der Waals surface area contributed by atoms with E-state index in [1.807, 2.05) is 30.3 Å². The maximum atomic E-state index is 12.8. The molecule has 6 nitrogen and oxygen atoms in total. The number of carbonyl (C=O) groups excluding carboxylic acids is 2. The molecule has 130 valence electrons. The molecule has 1 saturated heterocycles. The minimum atomic E-state index is -0.925. The molecule has 24 heavy (non-hydrogen) atoms. The summed E-state index contributed by atoms with van der Waals surface area (Å²) in [6, 6.07) is 9.14. The Labute approximate surface area is 141 Å². The Morgan fingerprint density at radius 1 is 1.42 bits per heavy atom. The minimum Gasteiger partial charge on any atom is -0.447 e. The van der Waals surface area contributed by atoms with E-state index in [4.69, 9.17) is 9.84 Å². The van der Waals surface area contributed by atoms with Crippen molar-refractivity contribution in [1.82, 2.24) is 4.90 Å². The summed E-state index contributed by atoms with van der Waals surface area (Å²) >= 11 is 0. The summed E-state index contributed by atoms with van der Waals surface area (Å²) in [6.07, 6.45) is 2.09. The fraction of sp³-hybridized carbons (Fsp3) is 0.444. The highest BCUT2D eigenvalue weighted by atomic mass is 16.6. The van der Waals surface area contributed by atoms with Gasteiger partial charge in [-0.25, -0.2) is 9.69 Å². The van der Waals surface area contributed by atoms with E-state index in [-0.39, 0.29) is 13.2 Å². The highest BCUT2D eigenvalue weighted by Gasteiger charge is 2.41. The molecular formula is C18H23NO5. The summed E-state index contributed by atoms with van der Waals surface area (Å²) in [5.41, 5.74) is 0.997. The van der Waals surface area contributed by atoms with Crippen LogP contribution in [0.25, 0.3) is 0 Å². The van der Waals surface area contributed by atoms with Crippen LogP contribution in [0.3, 0.4) is 0 Å². The summed E-state index contributed by atoms with van der Waals surface area (Å²) in [7, 11) is 0. The van der Waals surface area contributed by atoms with Crippen LogP contribution in [-0.2, 0) is 16.0 Å². The van der Waals surface area contributed by atoms with Crippen LogP contribution in [0.15, 0.2) is 42.5 Å². The molecule has 2 rings (SSSR count). The number of imide groups is 1. The number of aliphatic hydroxyl groups excluding tert-OH is 2. The van der Waals surface area contributed by atoms with Gasteiger partial charge < -0.3 is 14.9 Å². The maximum Gasteiger partial charge on any atom is 0.417 e. The van der Waals surface area contributed by atoms with Crippen LogP contribution in [-0.4, -0.2) is 52.5 Å². The minimum absolute atomic E-state index is 0.137. The quantitative estimate of drug-likeness (QED) is 0.739. The first-order valence-corrected chi connectivity index (χ1v) is 8.07. The predicted octanol–water partition coefficient (Wildman–Crippen LogP) is 1.51. The van der Waals surface area contributed by atoms with Crippen molar-refractivity contribution < 1.29 is 24.5 Å². The van der Waals surface area contributed by atoms with E-state index in [1.54, 1.807) is 6.92 Å². The lowest BCUT2D eigenvalue weighted by atomic mass is 9.96. The number of rotatable bonds is 7. The number of ether oxygens (including phenoxy) is 1. The second-order valence-electron chi connectivity index (χ2n) is 5.74. The van der Waals surface area contributed by atoms with E-state index in [9.17, 15) is 14.7 Å². The van der Waals surface area contributed by atoms with Crippen molar-refractivity contribution in [2.24, 2.45) is 5.92 Å². The van der Waals surface area contributed by atoms with Gasteiger partial charge in [0.1, 0.15) is 6.61 Å². The molecule has 1 aromatic carbocycles. The van der Waals surface area contributed by atoms with Crippen molar-refractivity contribution in [3.63, 3.8) is 0 Å². The molecule has 3 atom stereocenters. The number of cyclic esters (lactones) is 1. The second kappa shape index (κ2) is 8.61. The Balaban J connectivity index is 2.19. The largest absolute Gasteiger partial charge is 0.447 e. The number of aliphatic hydroxyl groups is 2. The normalized spacial score (nSPS) is 20.2. The SMILES string of the molecule is CC[C@@H](O)[C@H](/C=C/CO)C(=O)N1C(=O)OC[C@H]1Cc1ccccc1. The third-order valence-electron chi connectivity index (χ3n) is 4.08. The van der Waals surface area contributed by atoms with Gasteiger partial charge in [0.15, 0.2) is 0 Å². The van der Waals surface area contributed by atoms with Crippen molar-refractivity contribution in [3.05, 3.63) is 48.0 Å². The van der Waals surface area contributed by atoms with Gasteiger partial charge in [0, 0.05) is 0 Å². The molecule has 2 N–H and O–H groups in total. The van der Waals surface area contributed by atoms with Crippen LogP contribution >= 0.6 is 0 Å². The van der Waals surface area contributed by atoms with E-state index in [0.717, 1.165) is 10.5 Å². The molecule has 0 radical (unpaired) electrons. The van der Waals surface area contributed by atoms with Crippen LogP contribution in [0, 0.1) is 5.92 Å². The molecule has 0 aromatic heterocycles. The first kappa shape index (κ1) is 18.2. The van der Waals surface area contributed by atoms with E-state index >= 15 is 0 Å². The lowest BCUT2D eigenvalue weighted by molar-refractivity contribution is -0.135. The molecule has 0 unspecified atom stereocenters. The summed E-state index contributed by atoms with van der Waals surface area (Å²) in [6.45, 7) is 1.65. The zero-order valence-electron chi connectivity index (χ0n) is 13.7.